The number of quaternary nitrogens is 1. The summed E-state index contributed by atoms with van der Waals surface area (Å²) in [4.78, 5) is 21.1. The third-order valence-electron chi connectivity index (χ3n) is 4.64. The number of thiazole rings is 1. The van der Waals surface area contributed by atoms with Crippen molar-refractivity contribution in [3.05, 3.63) is 53.6 Å². The molecule has 0 saturated carbocycles. The fraction of sp³-hybridized carbons (Fsp3) is 0.364. The van der Waals surface area contributed by atoms with E-state index in [0.29, 0.717) is 13.0 Å². The normalized spacial score (nSPS) is 11.2. The lowest BCUT2D eigenvalue weighted by molar-refractivity contribution is -0.858. The van der Waals surface area contributed by atoms with E-state index in [1.165, 1.54) is 10.5 Å². The maximum atomic E-state index is 13.1. The summed E-state index contributed by atoms with van der Waals surface area (Å²) in [6.07, 6.45) is 1.29. The van der Waals surface area contributed by atoms with Crippen molar-refractivity contribution >= 4 is 32.6 Å². The van der Waals surface area contributed by atoms with E-state index in [0.717, 1.165) is 39.6 Å². The highest BCUT2D eigenvalue weighted by molar-refractivity contribution is 7.22. The Bertz CT molecular complexity index is 935. The second-order valence-electron chi connectivity index (χ2n) is 7.35. The van der Waals surface area contributed by atoms with E-state index in [-0.39, 0.29) is 5.91 Å². The summed E-state index contributed by atoms with van der Waals surface area (Å²) in [6.45, 7) is 3.76. The summed E-state index contributed by atoms with van der Waals surface area (Å²) in [5, 5.41) is 0.785. The highest BCUT2D eigenvalue weighted by Gasteiger charge is 2.20. The number of hydrogen-bond acceptors (Lipinski definition) is 4. The number of amides is 1. The first-order chi connectivity index (χ1) is 13.5. The molecule has 0 bridgehead atoms. The molecule has 3 rings (SSSR count). The Labute approximate surface area is 170 Å². The van der Waals surface area contributed by atoms with Gasteiger partial charge in [0.1, 0.15) is 5.75 Å². The molecule has 0 radical (unpaired) electrons. The number of nitrogens with zero attached hydrogens (tertiary/aromatic N) is 2. The first-order valence-electron chi connectivity index (χ1n) is 9.56. The molecule has 1 N–H and O–H groups in total. The Hall–Kier alpha value is -2.44. The zero-order valence-electron chi connectivity index (χ0n) is 17.0. The standard InChI is InChI=1S/C22H27N3O2S/c1-16-6-11-19-20(14-16)28-22(23-19)25(13-5-12-24(2)3)21(26)15-17-7-9-18(27-4)10-8-17/h6-11,14H,5,12-13,15H2,1-4H3/p+1. The largest absolute Gasteiger partial charge is 0.497 e. The fourth-order valence-electron chi connectivity index (χ4n) is 3.07. The summed E-state index contributed by atoms with van der Waals surface area (Å²) < 4.78 is 6.32. The summed E-state index contributed by atoms with van der Waals surface area (Å²) in [6, 6.07) is 13.9. The van der Waals surface area contributed by atoms with Gasteiger partial charge < -0.3 is 9.64 Å². The van der Waals surface area contributed by atoms with Crippen molar-refractivity contribution in [2.24, 2.45) is 0 Å². The number of aromatic nitrogens is 1. The van der Waals surface area contributed by atoms with Gasteiger partial charge in [-0.25, -0.2) is 4.98 Å². The van der Waals surface area contributed by atoms with Crippen molar-refractivity contribution in [2.75, 3.05) is 39.2 Å². The quantitative estimate of drug-likeness (QED) is 0.635. The van der Waals surface area contributed by atoms with Crippen LogP contribution in [0.2, 0.25) is 0 Å². The summed E-state index contributed by atoms with van der Waals surface area (Å²) in [5.41, 5.74) is 3.13. The molecular weight excluding hydrogens is 370 g/mol. The number of rotatable bonds is 8. The number of aryl methyl sites for hydroxylation is 1. The molecule has 0 fully saturated rings. The van der Waals surface area contributed by atoms with Crippen LogP contribution in [0.25, 0.3) is 10.2 Å². The number of hydrogen-bond donors (Lipinski definition) is 1. The lowest BCUT2D eigenvalue weighted by atomic mass is 10.1. The first kappa shape index (κ1) is 20.3. The summed E-state index contributed by atoms with van der Waals surface area (Å²) in [5.74, 6) is 0.873. The molecule has 3 aromatic rings. The van der Waals surface area contributed by atoms with Crippen LogP contribution in [0.3, 0.4) is 0 Å². The number of anilines is 1. The number of ether oxygens (including phenoxy) is 1. The van der Waals surface area contributed by atoms with E-state index >= 15 is 0 Å². The van der Waals surface area contributed by atoms with Gasteiger partial charge >= 0.3 is 0 Å². The summed E-state index contributed by atoms with van der Waals surface area (Å²) >= 11 is 1.59. The molecule has 0 spiro atoms. The third kappa shape index (κ3) is 5.09. The minimum Gasteiger partial charge on any atom is -0.497 e. The topological polar surface area (TPSA) is 46.9 Å². The fourth-order valence-corrected chi connectivity index (χ4v) is 4.17. The number of benzene rings is 2. The molecule has 1 amide bonds. The molecular formula is C22H28N3O2S+. The second-order valence-corrected chi connectivity index (χ2v) is 8.36. The molecule has 0 saturated heterocycles. The van der Waals surface area contributed by atoms with E-state index in [2.05, 4.69) is 33.2 Å². The zero-order valence-corrected chi connectivity index (χ0v) is 17.8. The Balaban J connectivity index is 1.82. The number of nitrogens with one attached hydrogen (secondary N) is 1. The first-order valence-corrected chi connectivity index (χ1v) is 10.4. The minimum atomic E-state index is 0.0784. The van der Waals surface area contributed by atoms with Crippen LogP contribution < -0.4 is 14.5 Å². The van der Waals surface area contributed by atoms with Crippen molar-refractivity contribution < 1.29 is 14.4 Å². The van der Waals surface area contributed by atoms with Crippen molar-refractivity contribution in [3.8, 4) is 5.75 Å². The van der Waals surface area contributed by atoms with Gasteiger partial charge in [-0.2, -0.15) is 0 Å². The Morgan fingerprint density at radius 1 is 1.18 bits per heavy atom. The van der Waals surface area contributed by atoms with Crippen LogP contribution in [0.4, 0.5) is 5.13 Å². The molecule has 2 aromatic carbocycles. The van der Waals surface area contributed by atoms with E-state index in [9.17, 15) is 4.79 Å². The maximum absolute atomic E-state index is 13.1. The van der Waals surface area contributed by atoms with Crippen LogP contribution in [0.1, 0.15) is 17.5 Å². The molecule has 148 valence electrons. The van der Waals surface area contributed by atoms with E-state index < -0.39 is 0 Å². The van der Waals surface area contributed by atoms with Gasteiger partial charge in [0.25, 0.3) is 0 Å². The van der Waals surface area contributed by atoms with Crippen LogP contribution in [-0.2, 0) is 11.2 Å². The molecule has 1 aromatic heterocycles. The van der Waals surface area contributed by atoms with Gasteiger partial charge in [-0.15, -0.1) is 0 Å². The predicted octanol–water partition coefficient (Wildman–Crippen LogP) is 2.72. The predicted molar refractivity (Wildman–Crippen MR) is 116 cm³/mol. The molecule has 0 unspecified atom stereocenters. The lowest BCUT2D eigenvalue weighted by Crippen LogP contribution is -3.05. The van der Waals surface area contributed by atoms with Crippen LogP contribution in [0.15, 0.2) is 42.5 Å². The highest BCUT2D eigenvalue weighted by atomic mass is 32.1. The lowest BCUT2D eigenvalue weighted by Gasteiger charge is -2.20. The van der Waals surface area contributed by atoms with Crippen LogP contribution in [0, 0.1) is 6.92 Å². The van der Waals surface area contributed by atoms with Gasteiger partial charge in [0.15, 0.2) is 5.13 Å². The van der Waals surface area contributed by atoms with E-state index in [4.69, 9.17) is 9.72 Å². The maximum Gasteiger partial charge on any atom is 0.233 e. The number of methoxy groups -OCH3 is 1. The van der Waals surface area contributed by atoms with Crippen molar-refractivity contribution in [1.82, 2.24) is 4.98 Å². The molecule has 0 aliphatic rings. The van der Waals surface area contributed by atoms with Gasteiger partial charge in [0, 0.05) is 13.0 Å². The van der Waals surface area contributed by atoms with E-state index in [1.54, 1.807) is 18.4 Å². The summed E-state index contributed by atoms with van der Waals surface area (Å²) in [7, 11) is 5.90. The smallest absolute Gasteiger partial charge is 0.233 e. The van der Waals surface area contributed by atoms with Gasteiger partial charge in [-0.3, -0.25) is 9.69 Å². The Kier molecular flexibility index (Phi) is 6.65. The SMILES string of the molecule is COc1ccc(CC(=O)N(CCC[NH+](C)C)c2nc3ccc(C)cc3s2)cc1. The highest BCUT2D eigenvalue weighted by Crippen LogP contribution is 2.30. The Morgan fingerprint density at radius 2 is 1.93 bits per heavy atom. The molecule has 1 heterocycles. The van der Waals surface area contributed by atoms with Crippen LogP contribution in [-0.4, -0.2) is 45.2 Å². The molecule has 0 aliphatic carbocycles. The average Bonchev–Trinajstić information content (AvgIpc) is 3.08. The van der Waals surface area contributed by atoms with Gasteiger partial charge in [0.05, 0.1) is 44.4 Å². The zero-order chi connectivity index (χ0) is 20.1. The van der Waals surface area contributed by atoms with Crippen LogP contribution >= 0.6 is 11.3 Å². The third-order valence-corrected chi connectivity index (χ3v) is 5.68. The van der Waals surface area contributed by atoms with Crippen LogP contribution in [0.5, 0.6) is 5.75 Å². The van der Waals surface area contributed by atoms with Crippen molar-refractivity contribution in [3.63, 3.8) is 0 Å². The average molecular weight is 399 g/mol. The molecule has 0 aliphatic heterocycles. The molecule has 28 heavy (non-hydrogen) atoms. The van der Waals surface area contributed by atoms with Gasteiger partial charge in [0.2, 0.25) is 5.91 Å². The van der Waals surface area contributed by atoms with Crippen molar-refractivity contribution in [2.45, 2.75) is 19.8 Å². The molecule has 5 nitrogen and oxygen atoms in total. The second kappa shape index (κ2) is 9.17. The number of fused-ring (bicyclic) bond motifs is 1. The monoisotopic (exact) mass is 398 g/mol. The van der Waals surface area contributed by atoms with Gasteiger partial charge in [-0.1, -0.05) is 29.5 Å². The molecule has 0 atom stereocenters. The van der Waals surface area contributed by atoms with Crippen molar-refractivity contribution in [1.29, 1.82) is 0 Å². The van der Waals surface area contributed by atoms with E-state index in [1.807, 2.05) is 35.2 Å². The molecule has 6 heteroatoms. The Morgan fingerprint density at radius 3 is 2.61 bits per heavy atom. The van der Waals surface area contributed by atoms with Gasteiger partial charge in [-0.05, 0) is 42.3 Å². The minimum absolute atomic E-state index is 0.0784. The number of carbonyl (C=O) groups excluding carboxylic acids is 1. The number of carbonyl (C=O) groups is 1.